The van der Waals surface area contributed by atoms with Crippen molar-refractivity contribution >= 4 is 16.9 Å². The highest BCUT2D eigenvalue weighted by Crippen LogP contribution is 2.46. The van der Waals surface area contributed by atoms with Crippen molar-refractivity contribution in [2.24, 2.45) is 0 Å². The lowest BCUT2D eigenvalue weighted by Crippen LogP contribution is -2.13. The summed E-state index contributed by atoms with van der Waals surface area (Å²) in [6.07, 6.45) is -0.479. The van der Waals surface area contributed by atoms with Gasteiger partial charge in [-0.25, -0.2) is 0 Å². The fraction of sp³-hybridized carbons (Fsp3) is 0.241. The summed E-state index contributed by atoms with van der Waals surface area (Å²) >= 11 is 0. The standard InChI is InChI=1S/C29H28O11/c1-13(2)39-21-8-6-14(10-22(21)37-3)16(11-23(34)38-4)24-19(32)12-20(33)25-26(35)27(36)28(40-29(24)25)15-5-7-17(30)18(31)9-15/h5-10,12-13,16,30-33,36H,11H2,1-4H3. The molecule has 1 atom stereocenters. The van der Waals surface area contributed by atoms with Crippen molar-refractivity contribution in [2.75, 3.05) is 14.2 Å². The van der Waals surface area contributed by atoms with Crippen molar-refractivity contribution in [3.05, 3.63) is 63.8 Å². The summed E-state index contributed by atoms with van der Waals surface area (Å²) in [5.74, 6) is -4.34. The number of aromatic hydroxyl groups is 5. The fourth-order valence-electron chi connectivity index (χ4n) is 4.43. The first-order valence-electron chi connectivity index (χ1n) is 12.1. The lowest BCUT2D eigenvalue weighted by atomic mass is 9.86. The molecule has 0 aliphatic heterocycles. The average molecular weight is 553 g/mol. The molecule has 1 heterocycles. The minimum Gasteiger partial charge on any atom is -0.507 e. The quantitative estimate of drug-likeness (QED) is 0.154. The molecule has 11 nitrogen and oxygen atoms in total. The SMILES string of the molecule is COC(=O)CC(c1ccc(OC(C)C)c(OC)c1)c1c(O)cc(O)c2c(=O)c(O)c(-c3ccc(O)c(O)c3)oc12. The Morgan fingerprint density at radius 1 is 0.875 bits per heavy atom. The fourth-order valence-corrected chi connectivity index (χ4v) is 4.43. The molecule has 1 unspecified atom stereocenters. The molecule has 0 fully saturated rings. The number of benzene rings is 3. The van der Waals surface area contributed by atoms with E-state index in [4.69, 9.17) is 18.6 Å². The van der Waals surface area contributed by atoms with Crippen LogP contribution in [0.2, 0.25) is 0 Å². The summed E-state index contributed by atoms with van der Waals surface area (Å²) in [7, 11) is 2.64. The number of hydrogen-bond acceptors (Lipinski definition) is 11. The number of rotatable bonds is 8. The second-order valence-corrected chi connectivity index (χ2v) is 9.25. The van der Waals surface area contributed by atoms with E-state index in [1.54, 1.807) is 18.2 Å². The summed E-state index contributed by atoms with van der Waals surface area (Å²) in [5.41, 5.74) is -0.947. The summed E-state index contributed by atoms with van der Waals surface area (Å²) in [6.45, 7) is 3.69. The van der Waals surface area contributed by atoms with Crippen LogP contribution in [0.3, 0.4) is 0 Å². The van der Waals surface area contributed by atoms with Gasteiger partial charge in [0.2, 0.25) is 11.2 Å². The van der Waals surface area contributed by atoms with Crippen molar-refractivity contribution in [3.8, 4) is 51.6 Å². The van der Waals surface area contributed by atoms with Crippen molar-refractivity contribution < 1.29 is 49.0 Å². The summed E-state index contributed by atoms with van der Waals surface area (Å²) in [4.78, 5) is 25.8. The zero-order valence-corrected chi connectivity index (χ0v) is 22.1. The highest BCUT2D eigenvalue weighted by Gasteiger charge is 2.30. The Hall–Kier alpha value is -5.06. The first-order chi connectivity index (χ1) is 19.0. The van der Waals surface area contributed by atoms with Gasteiger partial charge in [0.15, 0.2) is 28.8 Å². The molecule has 210 valence electrons. The Morgan fingerprint density at radius 2 is 1.60 bits per heavy atom. The van der Waals surface area contributed by atoms with Gasteiger partial charge in [0.1, 0.15) is 22.5 Å². The first-order valence-corrected chi connectivity index (χ1v) is 12.1. The molecule has 5 N–H and O–H groups in total. The number of carbonyl (C=O) groups excluding carboxylic acids is 1. The Bertz CT molecular complexity index is 1650. The smallest absolute Gasteiger partial charge is 0.306 e. The Morgan fingerprint density at radius 3 is 2.23 bits per heavy atom. The van der Waals surface area contributed by atoms with Crippen LogP contribution in [0, 0.1) is 0 Å². The van der Waals surface area contributed by atoms with Crippen LogP contribution < -0.4 is 14.9 Å². The predicted molar refractivity (Wildman–Crippen MR) is 143 cm³/mol. The first kappa shape index (κ1) is 28.0. The molecule has 0 saturated carbocycles. The molecule has 4 aromatic rings. The van der Waals surface area contributed by atoms with Gasteiger partial charge < -0.3 is 44.2 Å². The average Bonchev–Trinajstić information content (AvgIpc) is 2.91. The third-order valence-electron chi connectivity index (χ3n) is 6.28. The maximum Gasteiger partial charge on any atom is 0.306 e. The van der Waals surface area contributed by atoms with Crippen LogP contribution in [-0.4, -0.2) is 51.8 Å². The van der Waals surface area contributed by atoms with E-state index in [2.05, 4.69) is 0 Å². The van der Waals surface area contributed by atoms with Gasteiger partial charge in [0.25, 0.3) is 0 Å². The molecule has 11 heteroatoms. The lowest BCUT2D eigenvalue weighted by molar-refractivity contribution is -0.140. The van der Waals surface area contributed by atoms with E-state index < -0.39 is 57.2 Å². The highest BCUT2D eigenvalue weighted by atomic mass is 16.5. The monoisotopic (exact) mass is 552 g/mol. The van der Waals surface area contributed by atoms with Gasteiger partial charge in [-0.15, -0.1) is 0 Å². The summed E-state index contributed by atoms with van der Waals surface area (Å²) in [6, 6.07) is 9.26. The maximum atomic E-state index is 13.3. The highest BCUT2D eigenvalue weighted by molar-refractivity contribution is 5.92. The van der Waals surface area contributed by atoms with Crippen molar-refractivity contribution in [3.63, 3.8) is 0 Å². The number of carbonyl (C=O) groups is 1. The molecule has 4 rings (SSSR count). The normalized spacial score (nSPS) is 11.9. The molecule has 40 heavy (non-hydrogen) atoms. The van der Waals surface area contributed by atoms with Gasteiger partial charge in [-0.2, -0.15) is 0 Å². The van der Waals surface area contributed by atoms with Gasteiger partial charge in [-0.1, -0.05) is 6.07 Å². The largest absolute Gasteiger partial charge is 0.507 e. The van der Waals surface area contributed by atoms with E-state index in [0.717, 1.165) is 18.2 Å². The van der Waals surface area contributed by atoms with E-state index in [9.17, 15) is 35.1 Å². The lowest BCUT2D eigenvalue weighted by Gasteiger charge is -2.22. The maximum absolute atomic E-state index is 13.3. The second kappa shape index (κ2) is 11.0. The molecule has 0 aliphatic carbocycles. The molecule has 0 saturated heterocycles. The number of hydrogen-bond donors (Lipinski definition) is 5. The zero-order chi connectivity index (χ0) is 29.3. The van der Waals surface area contributed by atoms with Gasteiger partial charge >= 0.3 is 5.97 Å². The number of fused-ring (bicyclic) bond motifs is 1. The number of phenols is 4. The van der Waals surface area contributed by atoms with Gasteiger partial charge in [-0.05, 0) is 49.7 Å². The topological polar surface area (TPSA) is 176 Å². The van der Waals surface area contributed by atoms with Crippen LogP contribution >= 0.6 is 0 Å². The van der Waals surface area contributed by atoms with E-state index >= 15 is 0 Å². The number of ether oxygens (including phenoxy) is 3. The van der Waals surface area contributed by atoms with Crippen LogP contribution in [0.25, 0.3) is 22.3 Å². The summed E-state index contributed by atoms with van der Waals surface area (Å²) in [5, 5.41) is 51.5. The minimum absolute atomic E-state index is 0.0157. The van der Waals surface area contributed by atoms with Gasteiger partial charge in [0.05, 0.1) is 26.7 Å². The number of esters is 1. The Labute approximate surface area is 228 Å². The van der Waals surface area contributed by atoms with Crippen LogP contribution in [0.15, 0.2) is 51.7 Å². The van der Waals surface area contributed by atoms with Crippen LogP contribution in [0.1, 0.15) is 37.3 Å². The molecule has 0 amide bonds. The van der Waals surface area contributed by atoms with Gasteiger partial charge in [0, 0.05) is 23.1 Å². The molecule has 0 bridgehead atoms. The number of phenolic OH excluding ortho intramolecular Hbond substituents is 4. The van der Waals surface area contributed by atoms with Crippen molar-refractivity contribution in [1.82, 2.24) is 0 Å². The number of methoxy groups -OCH3 is 2. The van der Waals surface area contributed by atoms with Crippen LogP contribution in [0.5, 0.6) is 40.2 Å². The third kappa shape index (κ3) is 5.13. The van der Waals surface area contributed by atoms with E-state index in [1.807, 2.05) is 13.8 Å². The van der Waals surface area contributed by atoms with Gasteiger partial charge in [-0.3, -0.25) is 9.59 Å². The molecular weight excluding hydrogens is 524 g/mol. The van der Waals surface area contributed by atoms with Crippen LogP contribution in [-0.2, 0) is 9.53 Å². The second-order valence-electron chi connectivity index (χ2n) is 9.25. The Balaban J connectivity index is 2.05. The van der Waals surface area contributed by atoms with E-state index in [0.29, 0.717) is 17.1 Å². The zero-order valence-electron chi connectivity index (χ0n) is 22.1. The van der Waals surface area contributed by atoms with Crippen molar-refractivity contribution in [2.45, 2.75) is 32.3 Å². The van der Waals surface area contributed by atoms with E-state index in [-0.39, 0.29) is 29.2 Å². The molecule has 0 spiro atoms. The molecule has 1 aromatic heterocycles. The molecule has 3 aromatic carbocycles. The summed E-state index contributed by atoms with van der Waals surface area (Å²) < 4.78 is 22.1. The minimum atomic E-state index is -1.03. The van der Waals surface area contributed by atoms with E-state index in [1.165, 1.54) is 20.3 Å². The predicted octanol–water partition coefficient (Wildman–Crippen LogP) is 4.48. The third-order valence-corrected chi connectivity index (χ3v) is 6.28. The molecular formula is C29H28O11. The van der Waals surface area contributed by atoms with Crippen molar-refractivity contribution in [1.29, 1.82) is 0 Å². The van der Waals surface area contributed by atoms with Crippen LogP contribution in [0.4, 0.5) is 0 Å². The molecule has 0 aliphatic rings. The Kier molecular flexibility index (Phi) is 7.67. The molecule has 0 radical (unpaired) electrons.